The lowest BCUT2D eigenvalue weighted by Crippen LogP contribution is -2.43. The molecule has 22 heavy (non-hydrogen) atoms. The van der Waals surface area contributed by atoms with Crippen molar-refractivity contribution in [3.05, 3.63) is 38.5 Å². The maximum absolute atomic E-state index is 12.0. The third-order valence-corrected chi connectivity index (χ3v) is 4.05. The number of rotatable bonds is 3. The summed E-state index contributed by atoms with van der Waals surface area (Å²) in [7, 11) is 1.64. The van der Waals surface area contributed by atoms with Crippen molar-refractivity contribution in [1.29, 1.82) is 0 Å². The number of aromatic nitrogens is 3. The minimum Gasteiger partial charge on any atom is -0.368 e. The standard InChI is InChI=1S/C14H17IN6O/c1-20-14(22)11(8-12(15)19-20)18-13-3-2-10(9-17-13)21-6-4-16-5-7-21/h2-3,8-9,16H,4-7H2,1H3,(H,17,18). The molecule has 2 N–H and O–H groups in total. The smallest absolute Gasteiger partial charge is 0.290 e. The lowest BCUT2D eigenvalue weighted by molar-refractivity contribution is 0.589. The highest BCUT2D eigenvalue weighted by molar-refractivity contribution is 14.1. The van der Waals surface area contributed by atoms with E-state index >= 15 is 0 Å². The van der Waals surface area contributed by atoms with Crippen LogP contribution in [0.25, 0.3) is 0 Å². The molecule has 8 heteroatoms. The zero-order valence-corrected chi connectivity index (χ0v) is 14.4. The Morgan fingerprint density at radius 3 is 2.77 bits per heavy atom. The van der Waals surface area contributed by atoms with Crippen molar-refractivity contribution < 1.29 is 0 Å². The number of pyridine rings is 1. The largest absolute Gasteiger partial charge is 0.368 e. The zero-order chi connectivity index (χ0) is 15.5. The Balaban J connectivity index is 1.77. The summed E-state index contributed by atoms with van der Waals surface area (Å²) in [5.74, 6) is 0.651. The molecule has 0 spiro atoms. The molecule has 1 aliphatic heterocycles. The molecular weight excluding hydrogens is 395 g/mol. The molecule has 0 bridgehead atoms. The predicted octanol–water partition coefficient (Wildman–Crippen LogP) is 0.933. The lowest BCUT2D eigenvalue weighted by Gasteiger charge is -2.29. The number of piperazine rings is 1. The molecule has 0 unspecified atom stereocenters. The molecule has 0 atom stereocenters. The summed E-state index contributed by atoms with van der Waals surface area (Å²) < 4.78 is 2.07. The van der Waals surface area contributed by atoms with Crippen molar-refractivity contribution in [1.82, 2.24) is 20.1 Å². The van der Waals surface area contributed by atoms with Gasteiger partial charge in [0.05, 0.1) is 11.9 Å². The summed E-state index contributed by atoms with van der Waals surface area (Å²) in [5.41, 5.74) is 1.40. The zero-order valence-electron chi connectivity index (χ0n) is 12.2. The van der Waals surface area contributed by atoms with Crippen molar-refractivity contribution in [3.63, 3.8) is 0 Å². The van der Waals surface area contributed by atoms with Crippen LogP contribution in [0.15, 0.2) is 29.2 Å². The summed E-state index contributed by atoms with van der Waals surface area (Å²) >= 11 is 2.08. The average Bonchev–Trinajstić information content (AvgIpc) is 2.54. The molecule has 3 heterocycles. The van der Waals surface area contributed by atoms with E-state index in [0.717, 1.165) is 35.6 Å². The van der Waals surface area contributed by atoms with Gasteiger partial charge in [-0.1, -0.05) is 0 Å². The molecule has 0 saturated carbocycles. The van der Waals surface area contributed by atoms with Crippen LogP contribution < -0.4 is 21.1 Å². The second-order valence-corrected chi connectivity index (χ2v) is 6.18. The van der Waals surface area contributed by atoms with E-state index in [9.17, 15) is 4.79 Å². The summed E-state index contributed by atoms with van der Waals surface area (Å²) in [6, 6.07) is 5.64. The second kappa shape index (κ2) is 6.61. The third kappa shape index (κ3) is 3.38. The predicted molar refractivity (Wildman–Crippen MR) is 94.8 cm³/mol. The van der Waals surface area contributed by atoms with Gasteiger partial charge in [0.25, 0.3) is 5.56 Å². The van der Waals surface area contributed by atoms with Gasteiger partial charge in [-0.2, -0.15) is 5.10 Å². The Kier molecular flexibility index (Phi) is 4.57. The van der Waals surface area contributed by atoms with Crippen LogP contribution >= 0.6 is 22.6 Å². The monoisotopic (exact) mass is 412 g/mol. The topological polar surface area (TPSA) is 75.1 Å². The molecule has 1 fully saturated rings. The number of nitrogens with one attached hydrogen (secondary N) is 2. The van der Waals surface area contributed by atoms with Gasteiger partial charge in [-0.3, -0.25) is 4.79 Å². The number of hydrogen-bond donors (Lipinski definition) is 2. The maximum Gasteiger partial charge on any atom is 0.290 e. The van der Waals surface area contributed by atoms with E-state index in [1.807, 2.05) is 18.3 Å². The normalized spacial score (nSPS) is 14.9. The van der Waals surface area contributed by atoms with Crippen LogP contribution in [0.5, 0.6) is 0 Å². The van der Waals surface area contributed by atoms with Gasteiger partial charge in [0.15, 0.2) is 0 Å². The molecule has 116 valence electrons. The van der Waals surface area contributed by atoms with Crippen LogP contribution in [-0.4, -0.2) is 40.9 Å². The van der Waals surface area contributed by atoms with Crippen molar-refractivity contribution in [2.45, 2.75) is 0 Å². The van der Waals surface area contributed by atoms with Crippen LogP contribution in [-0.2, 0) is 7.05 Å². The highest BCUT2D eigenvalue weighted by Crippen LogP contribution is 2.17. The second-order valence-electron chi connectivity index (χ2n) is 5.07. The van der Waals surface area contributed by atoms with E-state index in [4.69, 9.17) is 0 Å². The van der Waals surface area contributed by atoms with Crippen LogP contribution in [0.1, 0.15) is 0 Å². The van der Waals surface area contributed by atoms with Crippen molar-refractivity contribution in [2.75, 3.05) is 36.4 Å². The Labute approximate surface area is 141 Å². The summed E-state index contributed by atoms with van der Waals surface area (Å²) in [5, 5.41) is 10.5. The fourth-order valence-corrected chi connectivity index (χ4v) is 3.01. The average molecular weight is 412 g/mol. The summed E-state index contributed by atoms with van der Waals surface area (Å²) in [6.45, 7) is 3.95. The van der Waals surface area contributed by atoms with Gasteiger partial charge in [0.1, 0.15) is 15.2 Å². The van der Waals surface area contributed by atoms with Gasteiger partial charge in [-0.15, -0.1) is 0 Å². The number of anilines is 3. The van der Waals surface area contributed by atoms with Crippen molar-refractivity contribution in [3.8, 4) is 0 Å². The first-order chi connectivity index (χ1) is 10.6. The molecule has 7 nitrogen and oxygen atoms in total. The number of halogens is 1. The molecule has 1 aliphatic rings. The van der Waals surface area contributed by atoms with E-state index in [2.05, 4.69) is 48.2 Å². The molecule has 3 rings (SSSR count). The molecule has 2 aromatic heterocycles. The van der Waals surface area contributed by atoms with Crippen LogP contribution in [0.2, 0.25) is 0 Å². The number of nitrogens with zero attached hydrogens (tertiary/aromatic N) is 4. The molecule has 1 saturated heterocycles. The molecular formula is C14H17IN6O. The Morgan fingerprint density at radius 1 is 1.32 bits per heavy atom. The highest BCUT2D eigenvalue weighted by atomic mass is 127. The van der Waals surface area contributed by atoms with Gasteiger partial charge in [-0.25, -0.2) is 9.67 Å². The van der Waals surface area contributed by atoms with Gasteiger partial charge in [0, 0.05) is 39.3 Å². The fourth-order valence-electron chi connectivity index (χ4n) is 2.37. The maximum atomic E-state index is 12.0. The van der Waals surface area contributed by atoms with Gasteiger partial charge in [0.2, 0.25) is 0 Å². The number of hydrogen-bond acceptors (Lipinski definition) is 6. The minimum absolute atomic E-state index is 0.173. The van der Waals surface area contributed by atoms with Gasteiger partial charge < -0.3 is 15.5 Å². The van der Waals surface area contributed by atoms with Crippen LogP contribution in [0.4, 0.5) is 17.2 Å². The first-order valence-electron chi connectivity index (χ1n) is 7.06. The number of aryl methyl sites for hydroxylation is 1. The molecule has 0 radical (unpaired) electrons. The van der Waals surface area contributed by atoms with Crippen molar-refractivity contribution in [2.24, 2.45) is 7.05 Å². The Morgan fingerprint density at radius 2 is 2.09 bits per heavy atom. The fraction of sp³-hybridized carbons (Fsp3) is 0.357. The van der Waals surface area contributed by atoms with E-state index in [1.54, 1.807) is 13.1 Å². The SMILES string of the molecule is Cn1nc(I)cc(Nc2ccc(N3CCNCC3)cn2)c1=O. The lowest BCUT2D eigenvalue weighted by atomic mass is 10.3. The first-order valence-corrected chi connectivity index (χ1v) is 8.14. The molecule has 0 amide bonds. The van der Waals surface area contributed by atoms with Crippen LogP contribution in [0.3, 0.4) is 0 Å². The van der Waals surface area contributed by atoms with Gasteiger partial charge in [-0.05, 0) is 34.7 Å². The quantitative estimate of drug-likeness (QED) is 0.731. The van der Waals surface area contributed by atoms with E-state index in [-0.39, 0.29) is 5.56 Å². The highest BCUT2D eigenvalue weighted by Gasteiger charge is 2.11. The molecule has 0 aromatic carbocycles. The van der Waals surface area contributed by atoms with E-state index < -0.39 is 0 Å². The van der Waals surface area contributed by atoms with E-state index in [0.29, 0.717) is 11.5 Å². The van der Waals surface area contributed by atoms with Crippen LogP contribution in [0, 0.1) is 3.70 Å². The van der Waals surface area contributed by atoms with Crippen molar-refractivity contribution >= 4 is 39.8 Å². The third-order valence-electron chi connectivity index (χ3n) is 3.53. The van der Waals surface area contributed by atoms with Gasteiger partial charge >= 0.3 is 0 Å². The molecule has 0 aliphatic carbocycles. The first kappa shape index (κ1) is 15.2. The minimum atomic E-state index is -0.173. The Hall–Kier alpha value is -1.68. The molecule has 2 aromatic rings. The van der Waals surface area contributed by atoms with E-state index in [1.165, 1.54) is 4.68 Å². The summed E-state index contributed by atoms with van der Waals surface area (Å²) in [4.78, 5) is 18.7. The Bertz CT molecular complexity index is 708. The summed E-state index contributed by atoms with van der Waals surface area (Å²) in [6.07, 6.45) is 1.84.